The van der Waals surface area contributed by atoms with Crippen LogP contribution in [0.2, 0.25) is 0 Å². The Labute approximate surface area is 110 Å². The lowest BCUT2D eigenvalue weighted by molar-refractivity contribution is 0.410. The fraction of sp³-hybridized carbons (Fsp3) is 0.600. The van der Waals surface area contributed by atoms with Crippen molar-refractivity contribution in [1.82, 2.24) is 0 Å². The van der Waals surface area contributed by atoms with Crippen LogP contribution in [0.1, 0.15) is 25.3 Å². The van der Waals surface area contributed by atoms with Gasteiger partial charge in [-0.2, -0.15) is 0 Å². The molecule has 0 aliphatic heterocycles. The topological polar surface area (TPSA) is 38.5 Å². The quantitative estimate of drug-likeness (QED) is 0.840. The van der Waals surface area contributed by atoms with Gasteiger partial charge in [-0.05, 0) is 49.6 Å². The fourth-order valence-corrected chi connectivity index (χ4v) is 2.48. The predicted octanol–water partition coefficient (Wildman–Crippen LogP) is 2.43. The number of benzene rings is 1. The Morgan fingerprint density at radius 3 is 2.61 bits per heavy atom. The van der Waals surface area contributed by atoms with E-state index < -0.39 is 0 Å². The van der Waals surface area contributed by atoms with E-state index in [1.165, 1.54) is 24.1 Å². The highest BCUT2D eigenvalue weighted by Crippen LogP contribution is 2.45. The van der Waals surface area contributed by atoms with Gasteiger partial charge in [-0.25, -0.2) is 0 Å². The van der Waals surface area contributed by atoms with E-state index in [-0.39, 0.29) is 0 Å². The fourth-order valence-electron chi connectivity index (χ4n) is 2.48. The highest BCUT2D eigenvalue weighted by Gasteiger charge is 2.42. The molecule has 1 fully saturated rings. The lowest BCUT2D eigenvalue weighted by Crippen LogP contribution is -2.31. The number of anilines is 1. The highest BCUT2D eigenvalue weighted by molar-refractivity contribution is 5.53. The van der Waals surface area contributed by atoms with Crippen LogP contribution in [-0.4, -0.2) is 27.2 Å². The Balaban J connectivity index is 2.12. The Kier molecular flexibility index (Phi) is 3.81. The maximum Gasteiger partial charge on any atom is 0.122 e. The molecule has 0 amide bonds. The standard InChI is InChI=1S/C15H24N2O/c1-4-12-9-13(5-6-14(12)18-3)17(2)11-15(10-16)7-8-15/h5-6,9H,4,7-8,10-11,16H2,1-3H3. The monoisotopic (exact) mass is 248 g/mol. The number of hydrogen-bond donors (Lipinski definition) is 1. The molecule has 2 N–H and O–H groups in total. The second-order valence-corrected chi connectivity index (χ2v) is 5.41. The smallest absolute Gasteiger partial charge is 0.122 e. The summed E-state index contributed by atoms with van der Waals surface area (Å²) >= 11 is 0. The summed E-state index contributed by atoms with van der Waals surface area (Å²) in [6, 6.07) is 6.42. The van der Waals surface area contributed by atoms with Crippen LogP contribution in [-0.2, 0) is 6.42 Å². The van der Waals surface area contributed by atoms with Gasteiger partial charge in [0, 0.05) is 24.7 Å². The van der Waals surface area contributed by atoms with E-state index >= 15 is 0 Å². The zero-order chi connectivity index (χ0) is 13.2. The summed E-state index contributed by atoms with van der Waals surface area (Å²) in [5.74, 6) is 0.981. The normalized spacial score (nSPS) is 16.4. The van der Waals surface area contributed by atoms with Gasteiger partial charge in [-0.3, -0.25) is 0 Å². The largest absolute Gasteiger partial charge is 0.496 e. The lowest BCUT2D eigenvalue weighted by Gasteiger charge is -2.25. The van der Waals surface area contributed by atoms with Crippen LogP contribution in [0.15, 0.2) is 18.2 Å². The van der Waals surface area contributed by atoms with Crippen molar-refractivity contribution in [2.75, 3.05) is 32.1 Å². The van der Waals surface area contributed by atoms with E-state index in [0.29, 0.717) is 5.41 Å². The molecule has 0 unspecified atom stereocenters. The van der Waals surface area contributed by atoms with Gasteiger partial charge in [0.1, 0.15) is 5.75 Å². The molecular weight excluding hydrogens is 224 g/mol. The summed E-state index contributed by atoms with van der Waals surface area (Å²) in [6.07, 6.45) is 3.53. The maximum absolute atomic E-state index is 5.85. The van der Waals surface area contributed by atoms with Crippen molar-refractivity contribution in [2.24, 2.45) is 11.1 Å². The molecule has 3 nitrogen and oxygen atoms in total. The van der Waals surface area contributed by atoms with Gasteiger partial charge in [0.25, 0.3) is 0 Å². The molecule has 0 bridgehead atoms. The third-order valence-corrected chi connectivity index (χ3v) is 4.05. The molecule has 1 aliphatic carbocycles. The Morgan fingerprint density at radius 2 is 2.11 bits per heavy atom. The second-order valence-electron chi connectivity index (χ2n) is 5.41. The minimum Gasteiger partial charge on any atom is -0.496 e. The first kappa shape index (κ1) is 13.2. The van der Waals surface area contributed by atoms with Crippen molar-refractivity contribution in [1.29, 1.82) is 0 Å². The first-order valence-corrected chi connectivity index (χ1v) is 6.72. The Hall–Kier alpha value is -1.22. The summed E-state index contributed by atoms with van der Waals surface area (Å²) in [5.41, 5.74) is 8.75. The third kappa shape index (κ3) is 2.61. The van der Waals surface area contributed by atoms with Crippen LogP contribution < -0.4 is 15.4 Å². The SMILES string of the molecule is CCc1cc(N(C)CC2(CN)CC2)ccc1OC. The number of hydrogen-bond acceptors (Lipinski definition) is 3. The lowest BCUT2D eigenvalue weighted by atomic mass is 10.1. The molecule has 0 saturated heterocycles. The molecule has 1 saturated carbocycles. The first-order valence-electron chi connectivity index (χ1n) is 6.72. The van der Waals surface area contributed by atoms with Gasteiger partial charge >= 0.3 is 0 Å². The van der Waals surface area contributed by atoms with E-state index in [4.69, 9.17) is 10.5 Å². The maximum atomic E-state index is 5.85. The van der Waals surface area contributed by atoms with Crippen LogP contribution >= 0.6 is 0 Å². The van der Waals surface area contributed by atoms with Crippen molar-refractivity contribution in [3.8, 4) is 5.75 Å². The van der Waals surface area contributed by atoms with Gasteiger partial charge in [0.05, 0.1) is 7.11 Å². The second kappa shape index (κ2) is 5.19. The molecule has 1 aromatic rings. The van der Waals surface area contributed by atoms with Crippen LogP contribution in [0.5, 0.6) is 5.75 Å². The van der Waals surface area contributed by atoms with E-state index in [1.54, 1.807) is 7.11 Å². The third-order valence-electron chi connectivity index (χ3n) is 4.05. The minimum atomic E-state index is 0.376. The van der Waals surface area contributed by atoms with Crippen LogP contribution in [0, 0.1) is 5.41 Å². The predicted molar refractivity (Wildman–Crippen MR) is 76.4 cm³/mol. The Morgan fingerprint density at radius 1 is 1.39 bits per heavy atom. The number of ether oxygens (including phenoxy) is 1. The average molecular weight is 248 g/mol. The zero-order valence-corrected chi connectivity index (χ0v) is 11.7. The van der Waals surface area contributed by atoms with Gasteiger partial charge in [0.2, 0.25) is 0 Å². The molecule has 18 heavy (non-hydrogen) atoms. The minimum absolute atomic E-state index is 0.376. The van der Waals surface area contributed by atoms with E-state index in [9.17, 15) is 0 Å². The summed E-state index contributed by atoms with van der Waals surface area (Å²) in [5, 5.41) is 0. The van der Waals surface area contributed by atoms with Gasteiger partial charge < -0.3 is 15.4 Å². The first-order chi connectivity index (χ1) is 8.64. The molecule has 3 heteroatoms. The van der Waals surface area contributed by atoms with Crippen molar-refractivity contribution in [2.45, 2.75) is 26.2 Å². The molecular formula is C15H24N2O. The number of aryl methyl sites for hydroxylation is 1. The molecule has 100 valence electrons. The molecule has 0 spiro atoms. The molecule has 1 aromatic carbocycles. The summed E-state index contributed by atoms with van der Waals surface area (Å²) < 4.78 is 5.37. The van der Waals surface area contributed by atoms with E-state index in [1.807, 2.05) is 0 Å². The van der Waals surface area contributed by atoms with Crippen molar-refractivity contribution in [3.63, 3.8) is 0 Å². The highest BCUT2D eigenvalue weighted by atomic mass is 16.5. The average Bonchev–Trinajstić information content (AvgIpc) is 3.18. The summed E-state index contributed by atoms with van der Waals surface area (Å²) in [4.78, 5) is 2.32. The van der Waals surface area contributed by atoms with Gasteiger partial charge in [-0.15, -0.1) is 0 Å². The molecule has 0 atom stereocenters. The molecule has 0 radical (unpaired) electrons. The van der Waals surface area contributed by atoms with E-state index in [0.717, 1.165) is 25.3 Å². The number of methoxy groups -OCH3 is 1. The number of nitrogens with two attached hydrogens (primary N) is 1. The molecule has 0 heterocycles. The Bertz CT molecular complexity index is 413. The molecule has 1 aliphatic rings. The van der Waals surface area contributed by atoms with Crippen molar-refractivity contribution < 1.29 is 4.74 Å². The van der Waals surface area contributed by atoms with Crippen molar-refractivity contribution in [3.05, 3.63) is 23.8 Å². The summed E-state index contributed by atoms with van der Waals surface area (Å²) in [6.45, 7) is 4.01. The molecule has 0 aromatic heterocycles. The van der Waals surface area contributed by atoms with Crippen LogP contribution in [0.25, 0.3) is 0 Å². The van der Waals surface area contributed by atoms with Crippen molar-refractivity contribution >= 4 is 5.69 Å². The van der Waals surface area contributed by atoms with Gasteiger partial charge in [0.15, 0.2) is 0 Å². The summed E-state index contributed by atoms with van der Waals surface area (Å²) in [7, 11) is 3.88. The molecule has 2 rings (SSSR count). The zero-order valence-electron chi connectivity index (χ0n) is 11.7. The number of nitrogens with zero attached hydrogens (tertiary/aromatic N) is 1. The number of rotatable bonds is 6. The van der Waals surface area contributed by atoms with Gasteiger partial charge in [-0.1, -0.05) is 6.92 Å². The van der Waals surface area contributed by atoms with Crippen LogP contribution in [0.4, 0.5) is 5.69 Å². The van der Waals surface area contributed by atoms with E-state index in [2.05, 4.69) is 37.1 Å². The van der Waals surface area contributed by atoms with Crippen LogP contribution in [0.3, 0.4) is 0 Å².